The summed E-state index contributed by atoms with van der Waals surface area (Å²) in [5, 5.41) is 14.1. The fourth-order valence-electron chi connectivity index (χ4n) is 6.30. The van der Waals surface area contributed by atoms with E-state index in [1.807, 2.05) is 0 Å². The Morgan fingerprint density at radius 1 is 1.11 bits per heavy atom. The molecule has 3 unspecified atom stereocenters. The Morgan fingerprint density at radius 3 is 2.52 bits per heavy atom. The highest BCUT2D eigenvalue weighted by atomic mass is 19.4. The standard InChI is InChI=1S/C32H26F6N4O2/c1-15(39)23-11-17(4-5-26(23)35)22-3-2-6-40-28(22)18(7-16-8-19(33)12-20(34)9-16)10-21(43)14-42-29-24-13-25(24)30(44)27(29)31(41-42)32(36,37)38/h2-6,8-9,11-12,18,24-25,30,44H,1,7,10,13-14,39H2/t18-,24?,25?,30?/m1/s1. The number of ketones is 1. The minimum Gasteiger partial charge on any atom is -0.399 e. The zero-order valence-corrected chi connectivity index (χ0v) is 23.1. The third-order valence-corrected chi connectivity index (χ3v) is 8.24. The van der Waals surface area contributed by atoms with Crippen LogP contribution in [0.3, 0.4) is 0 Å². The van der Waals surface area contributed by atoms with Crippen LogP contribution in [0, 0.1) is 23.4 Å². The Bertz CT molecular complexity index is 1780. The van der Waals surface area contributed by atoms with Gasteiger partial charge in [-0.2, -0.15) is 18.3 Å². The average Bonchev–Trinajstić information content (AvgIpc) is 3.56. The monoisotopic (exact) mass is 612 g/mol. The first-order valence-electron chi connectivity index (χ1n) is 13.8. The minimum atomic E-state index is -4.81. The highest BCUT2D eigenvalue weighted by Crippen LogP contribution is 2.63. The van der Waals surface area contributed by atoms with Gasteiger partial charge in [-0.15, -0.1) is 0 Å². The molecular weight excluding hydrogens is 586 g/mol. The van der Waals surface area contributed by atoms with Crippen molar-refractivity contribution < 1.29 is 36.2 Å². The van der Waals surface area contributed by atoms with Crippen LogP contribution < -0.4 is 5.73 Å². The number of pyridine rings is 1. The molecule has 2 aliphatic rings. The predicted octanol–water partition coefficient (Wildman–Crippen LogP) is 6.45. The maximum Gasteiger partial charge on any atom is 0.435 e. The first-order valence-corrected chi connectivity index (χ1v) is 13.8. The molecule has 0 radical (unpaired) electrons. The molecule has 0 amide bonds. The maximum atomic E-state index is 14.4. The van der Waals surface area contributed by atoms with E-state index in [2.05, 4.69) is 16.7 Å². The molecule has 2 aromatic carbocycles. The number of alkyl halides is 3. The van der Waals surface area contributed by atoms with E-state index in [0.717, 1.165) is 16.8 Å². The molecule has 6 rings (SSSR count). The second-order valence-corrected chi connectivity index (χ2v) is 11.3. The van der Waals surface area contributed by atoms with Gasteiger partial charge in [0.2, 0.25) is 0 Å². The molecule has 2 heterocycles. The van der Waals surface area contributed by atoms with Crippen molar-refractivity contribution in [1.29, 1.82) is 0 Å². The zero-order valence-electron chi connectivity index (χ0n) is 23.1. The molecule has 3 N–H and O–H groups in total. The average molecular weight is 613 g/mol. The van der Waals surface area contributed by atoms with Gasteiger partial charge in [-0.3, -0.25) is 14.5 Å². The number of aliphatic hydroxyl groups is 1. The SMILES string of the molecule is C=C(N)c1cc(-c2cccnc2[C@@H](CC(=O)Cn2nc(C(F)(F)F)c3c2C2CC2C3O)Cc2cc(F)cc(F)c2)ccc1F. The zero-order chi connectivity index (χ0) is 31.5. The lowest BCUT2D eigenvalue weighted by Gasteiger charge is -2.20. The Labute approximate surface area is 247 Å². The molecule has 6 nitrogen and oxygen atoms in total. The smallest absolute Gasteiger partial charge is 0.399 e. The van der Waals surface area contributed by atoms with Crippen LogP contribution in [-0.4, -0.2) is 25.7 Å². The molecule has 0 spiro atoms. The first-order chi connectivity index (χ1) is 20.8. The Morgan fingerprint density at radius 2 is 1.84 bits per heavy atom. The number of Topliss-reactive ketones (excluding diaryl/α,β-unsaturated/α-hetero) is 1. The predicted molar refractivity (Wildman–Crippen MR) is 148 cm³/mol. The van der Waals surface area contributed by atoms with Crippen LogP contribution in [0.1, 0.15) is 64.6 Å². The van der Waals surface area contributed by atoms with Crippen LogP contribution in [-0.2, 0) is 23.9 Å². The first kappa shape index (κ1) is 29.6. The van der Waals surface area contributed by atoms with Gasteiger partial charge in [0.15, 0.2) is 11.5 Å². The summed E-state index contributed by atoms with van der Waals surface area (Å²) in [5.74, 6) is -4.17. The molecule has 4 aromatic rings. The van der Waals surface area contributed by atoms with Crippen molar-refractivity contribution in [3.8, 4) is 11.1 Å². The van der Waals surface area contributed by atoms with E-state index in [4.69, 9.17) is 5.73 Å². The molecule has 0 bridgehead atoms. The summed E-state index contributed by atoms with van der Waals surface area (Å²) in [6, 6.07) is 10.5. The summed E-state index contributed by atoms with van der Waals surface area (Å²) in [6.45, 7) is 3.09. The molecule has 2 aromatic heterocycles. The van der Waals surface area contributed by atoms with Gasteiger partial charge in [0.1, 0.15) is 17.5 Å². The van der Waals surface area contributed by atoms with Crippen LogP contribution in [0.4, 0.5) is 26.3 Å². The fourth-order valence-corrected chi connectivity index (χ4v) is 6.30. The normalized spacial score (nSPS) is 19.4. The van der Waals surface area contributed by atoms with Crippen molar-refractivity contribution in [3.63, 3.8) is 0 Å². The Balaban J connectivity index is 1.37. The van der Waals surface area contributed by atoms with Gasteiger partial charge < -0.3 is 10.8 Å². The molecule has 1 fully saturated rings. The third kappa shape index (κ3) is 5.49. The number of carbonyl (C=O) groups excluding carboxylic acids is 1. The van der Waals surface area contributed by atoms with Gasteiger partial charge in [0.25, 0.3) is 0 Å². The van der Waals surface area contributed by atoms with Crippen molar-refractivity contribution in [3.05, 3.63) is 113 Å². The summed E-state index contributed by atoms with van der Waals surface area (Å²) < 4.78 is 85.0. The molecule has 44 heavy (non-hydrogen) atoms. The van der Waals surface area contributed by atoms with Crippen molar-refractivity contribution in [2.24, 2.45) is 11.7 Å². The van der Waals surface area contributed by atoms with E-state index in [9.17, 15) is 36.2 Å². The van der Waals surface area contributed by atoms with Crippen LogP contribution in [0.5, 0.6) is 0 Å². The Hall–Kier alpha value is -4.45. The number of fused-ring (bicyclic) bond motifs is 3. The van der Waals surface area contributed by atoms with Crippen molar-refractivity contribution in [2.75, 3.05) is 0 Å². The number of aliphatic hydroxyl groups excluding tert-OH is 1. The van der Waals surface area contributed by atoms with Gasteiger partial charge >= 0.3 is 6.18 Å². The van der Waals surface area contributed by atoms with E-state index in [1.54, 1.807) is 12.1 Å². The lowest BCUT2D eigenvalue weighted by molar-refractivity contribution is -0.143. The molecule has 0 aliphatic heterocycles. The van der Waals surface area contributed by atoms with E-state index >= 15 is 0 Å². The summed E-state index contributed by atoms with van der Waals surface area (Å²) in [6.07, 6.45) is -4.45. The largest absolute Gasteiger partial charge is 0.435 e. The molecular formula is C32H26F6N4O2. The third-order valence-electron chi connectivity index (χ3n) is 8.24. The molecule has 2 aliphatic carbocycles. The molecule has 0 saturated heterocycles. The lowest BCUT2D eigenvalue weighted by Crippen LogP contribution is -2.19. The van der Waals surface area contributed by atoms with Crippen LogP contribution in [0.15, 0.2) is 61.3 Å². The van der Waals surface area contributed by atoms with Crippen molar-refractivity contribution >= 4 is 11.5 Å². The van der Waals surface area contributed by atoms with Gasteiger partial charge in [-0.1, -0.05) is 18.7 Å². The van der Waals surface area contributed by atoms with Gasteiger partial charge in [0.05, 0.1) is 18.3 Å². The number of benzene rings is 2. The number of rotatable bonds is 9. The van der Waals surface area contributed by atoms with Gasteiger partial charge in [-0.05, 0) is 60.2 Å². The number of nitrogens with zero attached hydrogens (tertiary/aromatic N) is 3. The van der Waals surface area contributed by atoms with Crippen molar-refractivity contribution in [2.45, 2.75) is 49.9 Å². The van der Waals surface area contributed by atoms with Crippen LogP contribution in [0.2, 0.25) is 0 Å². The summed E-state index contributed by atoms with van der Waals surface area (Å²) in [5.41, 5.74) is 6.11. The fraction of sp³-hybridized carbons (Fsp3) is 0.281. The van der Waals surface area contributed by atoms with Crippen molar-refractivity contribution in [1.82, 2.24) is 14.8 Å². The number of hydrogen-bond acceptors (Lipinski definition) is 5. The Kier molecular flexibility index (Phi) is 7.35. The molecule has 4 atom stereocenters. The number of hydrogen-bond donors (Lipinski definition) is 2. The second-order valence-electron chi connectivity index (χ2n) is 11.3. The van der Waals surface area contributed by atoms with Gasteiger partial charge in [0, 0.05) is 58.6 Å². The van der Waals surface area contributed by atoms with Gasteiger partial charge in [-0.25, -0.2) is 13.2 Å². The quantitative estimate of drug-likeness (QED) is 0.212. The number of aromatic nitrogens is 3. The minimum absolute atomic E-state index is 0.00949. The summed E-state index contributed by atoms with van der Waals surface area (Å²) in [4.78, 5) is 18.0. The number of carbonyl (C=O) groups is 1. The topological polar surface area (TPSA) is 94.0 Å². The highest BCUT2D eigenvalue weighted by molar-refractivity contribution is 5.80. The molecule has 1 saturated carbocycles. The lowest BCUT2D eigenvalue weighted by atomic mass is 9.86. The highest BCUT2D eigenvalue weighted by Gasteiger charge is 2.58. The number of halogens is 6. The summed E-state index contributed by atoms with van der Waals surface area (Å²) in [7, 11) is 0. The maximum absolute atomic E-state index is 14.4. The second kappa shape index (κ2) is 10.9. The molecule has 12 heteroatoms. The molecule has 228 valence electrons. The van der Waals surface area contributed by atoms with E-state index in [0.29, 0.717) is 29.3 Å². The van der Waals surface area contributed by atoms with E-state index in [-0.39, 0.29) is 52.8 Å². The number of nitrogens with two attached hydrogens (primary N) is 1. The summed E-state index contributed by atoms with van der Waals surface area (Å²) >= 11 is 0. The van der Waals surface area contributed by atoms with E-state index in [1.165, 1.54) is 24.4 Å². The van der Waals surface area contributed by atoms with E-state index < -0.39 is 53.7 Å². The van der Waals surface area contributed by atoms with Crippen LogP contribution >= 0.6 is 0 Å². The van der Waals surface area contributed by atoms with Crippen LogP contribution in [0.25, 0.3) is 16.8 Å².